The highest BCUT2D eigenvalue weighted by Gasteiger charge is 2.13. The number of methoxy groups -OCH3 is 2. The molecule has 2 rings (SSSR count). The van der Waals surface area contributed by atoms with Crippen LogP contribution in [0.1, 0.15) is 21.1 Å². The summed E-state index contributed by atoms with van der Waals surface area (Å²) in [5.41, 5.74) is 1.40. The van der Waals surface area contributed by atoms with E-state index in [1.54, 1.807) is 25.3 Å². The summed E-state index contributed by atoms with van der Waals surface area (Å²) in [6, 6.07) is 5.11. The summed E-state index contributed by atoms with van der Waals surface area (Å²) in [7, 11) is 3.09. The zero-order valence-corrected chi connectivity index (χ0v) is 12.4. The van der Waals surface area contributed by atoms with E-state index < -0.39 is 0 Å². The average Bonchev–Trinajstić information content (AvgIpc) is 2.89. The van der Waals surface area contributed by atoms with E-state index >= 15 is 0 Å². The third kappa shape index (κ3) is 3.27. The van der Waals surface area contributed by atoms with E-state index in [9.17, 15) is 4.79 Å². The summed E-state index contributed by atoms with van der Waals surface area (Å²) in [6.07, 6.45) is 0. The van der Waals surface area contributed by atoms with Gasteiger partial charge in [-0.1, -0.05) is 0 Å². The SMILES string of the molecule is COc1ccc(OC)c(C(=O)NCc2nc(C)cs2)c1. The molecule has 0 aliphatic heterocycles. The van der Waals surface area contributed by atoms with Gasteiger partial charge in [-0.25, -0.2) is 4.98 Å². The number of hydrogen-bond donors (Lipinski definition) is 1. The first-order valence-corrected chi connectivity index (χ1v) is 6.93. The predicted octanol–water partition coefficient (Wildman–Crippen LogP) is 2.40. The lowest BCUT2D eigenvalue weighted by atomic mass is 10.1. The lowest BCUT2D eigenvalue weighted by molar-refractivity contribution is 0.0947. The van der Waals surface area contributed by atoms with Gasteiger partial charge in [-0.3, -0.25) is 4.79 Å². The van der Waals surface area contributed by atoms with Crippen LogP contribution in [0.2, 0.25) is 0 Å². The van der Waals surface area contributed by atoms with E-state index in [2.05, 4.69) is 10.3 Å². The quantitative estimate of drug-likeness (QED) is 0.919. The number of carbonyl (C=O) groups is 1. The van der Waals surface area contributed by atoms with Crippen LogP contribution >= 0.6 is 11.3 Å². The molecule has 5 nitrogen and oxygen atoms in total. The van der Waals surface area contributed by atoms with Crippen LogP contribution in [0.3, 0.4) is 0 Å². The van der Waals surface area contributed by atoms with Crippen molar-refractivity contribution in [1.82, 2.24) is 10.3 Å². The molecule has 6 heteroatoms. The first-order chi connectivity index (χ1) is 9.63. The van der Waals surface area contributed by atoms with E-state index in [1.807, 2.05) is 12.3 Å². The highest BCUT2D eigenvalue weighted by molar-refractivity contribution is 7.09. The van der Waals surface area contributed by atoms with Gasteiger partial charge in [0.2, 0.25) is 0 Å². The van der Waals surface area contributed by atoms with Crippen molar-refractivity contribution in [3.63, 3.8) is 0 Å². The van der Waals surface area contributed by atoms with Crippen LogP contribution in [0.25, 0.3) is 0 Å². The molecule has 0 saturated heterocycles. The second-order valence-corrected chi connectivity index (χ2v) is 5.07. The minimum absolute atomic E-state index is 0.214. The van der Waals surface area contributed by atoms with Gasteiger partial charge in [0.15, 0.2) is 0 Å². The predicted molar refractivity (Wildman–Crippen MR) is 77.6 cm³/mol. The molecule has 1 aromatic heterocycles. The third-order valence-corrected chi connectivity index (χ3v) is 3.68. The molecule has 0 spiro atoms. The Morgan fingerprint density at radius 1 is 1.35 bits per heavy atom. The Kier molecular flexibility index (Phi) is 4.57. The first kappa shape index (κ1) is 14.3. The molecule has 0 atom stereocenters. The van der Waals surface area contributed by atoms with Crippen molar-refractivity contribution in [1.29, 1.82) is 0 Å². The van der Waals surface area contributed by atoms with Crippen LogP contribution in [0.4, 0.5) is 0 Å². The van der Waals surface area contributed by atoms with E-state index in [0.717, 1.165) is 10.7 Å². The van der Waals surface area contributed by atoms with Crippen molar-refractivity contribution in [3.05, 3.63) is 39.8 Å². The Morgan fingerprint density at radius 2 is 2.15 bits per heavy atom. The molecule has 0 aliphatic carbocycles. The van der Waals surface area contributed by atoms with Crippen molar-refractivity contribution >= 4 is 17.2 Å². The lowest BCUT2D eigenvalue weighted by Crippen LogP contribution is -2.23. The number of aromatic nitrogens is 1. The van der Waals surface area contributed by atoms with Gasteiger partial charge in [-0.15, -0.1) is 11.3 Å². The Labute approximate surface area is 121 Å². The molecule has 1 N–H and O–H groups in total. The molecular formula is C14H16N2O3S. The number of benzene rings is 1. The molecule has 0 bridgehead atoms. The number of amides is 1. The molecule has 20 heavy (non-hydrogen) atoms. The van der Waals surface area contributed by atoms with Gasteiger partial charge < -0.3 is 14.8 Å². The van der Waals surface area contributed by atoms with Gasteiger partial charge in [-0.2, -0.15) is 0 Å². The van der Waals surface area contributed by atoms with Gasteiger partial charge >= 0.3 is 0 Å². The van der Waals surface area contributed by atoms with Crippen molar-refractivity contribution in [2.24, 2.45) is 0 Å². The highest BCUT2D eigenvalue weighted by Crippen LogP contribution is 2.23. The van der Waals surface area contributed by atoms with E-state index in [0.29, 0.717) is 23.6 Å². The smallest absolute Gasteiger partial charge is 0.255 e. The molecule has 1 amide bonds. The van der Waals surface area contributed by atoms with Crippen molar-refractivity contribution in [2.45, 2.75) is 13.5 Å². The largest absolute Gasteiger partial charge is 0.497 e. The summed E-state index contributed by atoms with van der Waals surface area (Å²) in [5.74, 6) is 0.910. The highest BCUT2D eigenvalue weighted by atomic mass is 32.1. The maximum Gasteiger partial charge on any atom is 0.255 e. The average molecular weight is 292 g/mol. The minimum Gasteiger partial charge on any atom is -0.497 e. The second kappa shape index (κ2) is 6.38. The van der Waals surface area contributed by atoms with Crippen LogP contribution in [0.5, 0.6) is 11.5 Å². The maximum absolute atomic E-state index is 12.2. The number of nitrogens with zero attached hydrogens (tertiary/aromatic N) is 1. The fraction of sp³-hybridized carbons (Fsp3) is 0.286. The molecule has 0 unspecified atom stereocenters. The second-order valence-electron chi connectivity index (χ2n) is 4.13. The third-order valence-electron chi connectivity index (χ3n) is 2.72. The van der Waals surface area contributed by atoms with Crippen molar-refractivity contribution < 1.29 is 14.3 Å². The van der Waals surface area contributed by atoms with E-state index in [1.165, 1.54) is 18.4 Å². The minimum atomic E-state index is -0.214. The Bertz CT molecular complexity index is 610. The van der Waals surface area contributed by atoms with Crippen LogP contribution < -0.4 is 14.8 Å². The molecule has 2 aromatic rings. The van der Waals surface area contributed by atoms with Gasteiger partial charge in [-0.05, 0) is 25.1 Å². The van der Waals surface area contributed by atoms with Crippen LogP contribution in [-0.4, -0.2) is 25.1 Å². The fourth-order valence-corrected chi connectivity index (χ4v) is 2.44. The zero-order valence-electron chi connectivity index (χ0n) is 11.6. The topological polar surface area (TPSA) is 60.5 Å². The molecule has 0 aliphatic rings. The summed E-state index contributed by atoms with van der Waals surface area (Å²) in [4.78, 5) is 16.5. The molecule has 0 fully saturated rings. The summed E-state index contributed by atoms with van der Waals surface area (Å²) >= 11 is 1.52. The number of carbonyl (C=O) groups excluding carboxylic acids is 1. The number of rotatable bonds is 5. The number of ether oxygens (including phenoxy) is 2. The van der Waals surface area contributed by atoms with Crippen LogP contribution in [0.15, 0.2) is 23.6 Å². The van der Waals surface area contributed by atoms with E-state index in [-0.39, 0.29) is 5.91 Å². The van der Waals surface area contributed by atoms with E-state index in [4.69, 9.17) is 9.47 Å². The normalized spacial score (nSPS) is 10.2. The van der Waals surface area contributed by atoms with Gasteiger partial charge in [0.05, 0.1) is 26.3 Å². The standard InChI is InChI=1S/C14H16N2O3S/c1-9-8-20-13(16-9)7-15-14(17)11-6-10(18-2)4-5-12(11)19-3/h4-6,8H,7H2,1-3H3,(H,15,17). The van der Waals surface area contributed by atoms with Gasteiger partial charge in [0.25, 0.3) is 5.91 Å². The summed E-state index contributed by atoms with van der Waals surface area (Å²) < 4.78 is 10.3. The Balaban J connectivity index is 2.11. The summed E-state index contributed by atoms with van der Waals surface area (Å²) in [6.45, 7) is 2.32. The number of nitrogens with one attached hydrogen (secondary N) is 1. The van der Waals surface area contributed by atoms with Gasteiger partial charge in [0, 0.05) is 11.1 Å². The Morgan fingerprint density at radius 3 is 2.75 bits per heavy atom. The van der Waals surface area contributed by atoms with Crippen molar-refractivity contribution in [2.75, 3.05) is 14.2 Å². The Hall–Kier alpha value is -2.08. The molecule has 1 aromatic carbocycles. The lowest BCUT2D eigenvalue weighted by Gasteiger charge is -2.10. The van der Waals surface area contributed by atoms with Crippen LogP contribution in [-0.2, 0) is 6.54 Å². The number of aryl methyl sites for hydroxylation is 1. The maximum atomic E-state index is 12.2. The zero-order chi connectivity index (χ0) is 14.5. The number of thiazole rings is 1. The molecule has 0 saturated carbocycles. The molecular weight excluding hydrogens is 276 g/mol. The monoisotopic (exact) mass is 292 g/mol. The number of hydrogen-bond acceptors (Lipinski definition) is 5. The van der Waals surface area contributed by atoms with Gasteiger partial charge in [0.1, 0.15) is 16.5 Å². The molecule has 106 valence electrons. The molecule has 1 heterocycles. The fourth-order valence-electron chi connectivity index (χ4n) is 1.73. The van der Waals surface area contributed by atoms with Crippen LogP contribution in [0, 0.1) is 6.92 Å². The first-order valence-electron chi connectivity index (χ1n) is 6.05. The summed E-state index contributed by atoms with van der Waals surface area (Å²) in [5, 5.41) is 5.65. The van der Waals surface area contributed by atoms with Crippen molar-refractivity contribution in [3.8, 4) is 11.5 Å². The molecule has 0 radical (unpaired) electrons.